The molecular formula is C15H23N5O. The van der Waals surface area contributed by atoms with E-state index < -0.39 is 0 Å². The van der Waals surface area contributed by atoms with Gasteiger partial charge in [-0.25, -0.2) is 9.97 Å². The van der Waals surface area contributed by atoms with E-state index >= 15 is 0 Å². The molecule has 0 aromatic carbocycles. The van der Waals surface area contributed by atoms with Crippen LogP contribution in [0.4, 0.5) is 11.6 Å². The number of rotatable bonds is 5. The molecule has 2 heterocycles. The molecule has 0 radical (unpaired) electrons. The van der Waals surface area contributed by atoms with Crippen LogP contribution in [0.15, 0.2) is 6.07 Å². The molecule has 2 aliphatic rings. The summed E-state index contributed by atoms with van der Waals surface area (Å²) < 4.78 is 0. The molecule has 1 aromatic rings. The van der Waals surface area contributed by atoms with E-state index in [2.05, 4.69) is 15.2 Å². The minimum absolute atomic E-state index is 0.191. The Labute approximate surface area is 125 Å². The van der Waals surface area contributed by atoms with Crippen LogP contribution in [-0.2, 0) is 4.79 Å². The predicted molar refractivity (Wildman–Crippen MR) is 82.3 cm³/mol. The van der Waals surface area contributed by atoms with Gasteiger partial charge in [-0.05, 0) is 31.6 Å². The van der Waals surface area contributed by atoms with Crippen molar-refractivity contribution in [1.82, 2.24) is 9.97 Å². The van der Waals surface area contributed by atoms with Gasteiger partial charge in [0.2, 0.25) is 5.91 Å². The molecule has 21 heavy (non-hydrogen) atoms. The van der Waals surface area contributed by atoms with Crippen molar-refractivity contribution in [3.8, 4) is 0 Å². The van der Waals surface area contributed by atoms with Crippen molar-refractivity contribution in [3.63, 3.8) is 0 Å². The van der Waals surface area contributed by atoms with Crippen molar-refractivity contribution < 1.29 is 4.79 Å². The molecule has 1 saturated carbocycles. The Bertz CT molecular complexity index is 521. The average Bonchev–Trinajstić information content (AvgIpc) is 3.31. The van der Waals surface area contributed by atoms with Gasteiger partial charge < -0.3 is 16.0 Å². The van der Waals surface area contributed by atoms with Gasteiger partial charge in [0.05, 0.1) is 0 Å². The monoisotopic (exact) mass is 289 g/mol. The predicted octanol–water partition coefficient (Wildman–Crippen LogP) is 1.49. The van der Waals surface area contributed by atoms with Gasteiger partial charge in [-0.15, -0.1) is 0 Å². The van der Waals surface area contributed by atoms with Crippen LogP contribution in [0.1, 0.15) is 43.8 Å². The number of nitrogens with two attached hydrogens (primary N) is 1. The normalized spacial score (nSPS) is 19.6. The summed E-state index contributed by atoms with van der Waals surface area (Å²) >= 11 is 0. The summed E-state index contributed by atoms with van der Waals surface area (Å²) in [5, 5.41) is 3.13. The molecule has 1 aliphatic heterocycles. The Kier molecular flexibility index (Phi) is 3.94. The van der Waals surface area contributed by atoms with E-state index in [1.165, 1.54) is 12.8 Å². The van der Waals surface area contributed by atoms with Crippen molar-refractivity contribution >= 4 is 17.5 Å². The summed E-state index contributed by atoms with van der Waals surface area (Å²) in [6, 6.07) is 2.01. The highest BCUT2D eigenvalue weighted by Gasteiger charge is 2.28. The molecule has 1 aromatic heterocycles. The number of primary amides is 1. The number of aromatic nitrogens is 2. The molecule has 3 rings (SSSR count). The van der Waals surface area contributed by atoms with Gasteiger partial charge in [0, 0.05) is 38.5 Å². The number of amides is 1. The van der Waals surface area contributed by atoms with E-state index in [1.54, 1.807) is 0 Å². The van der Waals surface area contributed by atoms with E-state index in [1.807, 2.05) is 13.1 Å². The summed E-state index contributed by atoms with van der Waals surface area (Å²) in [4.78, 5) is 22.6. The number of hydrogen-bond donors (Lipinski definition) is 2. The second kappa shape index (κ2) is 5.87. The number of hydrogen-bond acceptors (Lipinski definition) is 5. The molecule has 1 amide bonds. The van der Waals surface area contributed by atoms with Gasteiger partial charge in [-0.1, -0.05) is 0 Å². The first-order valence-corrected chi connectivity index (χ1v) is 7.75. The van der Waals surface area contributed by atoms with Crippen molar-refractivity contribution in [2.75, 3.05) is 30.4 Å². The summed E-state index contributed by atoms with van der Waals surface area (Å²) in [5.74, 6) is 3.65. The second-order valence-electron chi connectivity index (χ2n) is 6.09. The summed E-state index contributed by atoms with van der Waals surface area (Å²) in [7, 11) is 1.89. The topological polar surface area (TPSA) is 84.1 Å². The van der Waals surface area contributed by atoms with E-state index in [0.29, 0.717) is 18.3 Å². The fourth-order valence-electron chi connectivity index (χ4n) is 2.92. The van der Waals surface area contributed by atoms with Crippen LogP contribution in [0.25, 0.3) is 0 Å². The minimum atomic E-state index is -0.191. The number of carbonyl (C=O) groups excluding carboxylic acids is 1. The van der Waals surface area contributed by atoms with Crippen LogP contribution in [0, 0.1) is 5.92 Å². The molecule has 2 fully saturated rings. The first-order valence-electron chi connectivity index (χ1n) is 7.75. The Hall–Kier alpha value is -1.85. The zero-order valence-corrected chi connectivity index (χ0v) is 12.5. The maximum atomic E-state index is 11.0. The smallest absolute Gasteiger partial charge is 0.217 e. The third-order valence-electron chi connectivity index (χ3n) is 4.36. The fraction of sp³-hybridized carbons (Fsp3) is 0.667. The number of carbonyl (C=O) groups is 1. The molecule has 3 N–H and O–H groups in total. The van der Waals surface area contributed by atoms with Crippen LogP contribution < -0.4 is 16.0 Å². The number of anilines is 2. The molecule has 0 atom stereocenters. The standard InChI is InChI=1S/C15H23N5O/c1-17-13-9-14(19-15(18-13)11-2-3-11)20-6-4-10(5-7-20)8-12(16)21/h9-11H,2-8H2,1H3,(H2,16,21)(H,17,18,19). The molecule has 0 unspecified atom stereocenters. The lowest BCUT2D eigenvalue weighted by atomic mass is 9.93. The molecule has 1 aliphatic carbocycles. The van der Waals surface area contributed by atoms with E-state index in [9.17, 15) is 4.79 Å². The number of piperidine rings is 1. The third kappa shape index (κ3) is 3.43. The lowest BCUT2D eigenvalue weighted by molar-refractivity contribution is -0.119. The van der Waals surface area contributed by atoms with Gasteiger partial charge in [-0.3, -0.25) is 4.79 Å². The van der Waals surface area contributed by atoms with Gasteiger partial charge >= 0.3 is 0 Å². The maximum Gasteiger partial charge on any atom is 0.217 e. The first-order chi connectivity index (χ1) is 10.2. The Morgan fingerprint density at radius 1 is 1.33 bits per heavy atom. The van der Waals surface area contributed by atoms with Crippen LogP contribution >= 0.6 is 0 Å². The van der Waals surface area contributed by atoms with Crippen LogP contribution in [0.5, 0.6) is 0 Å². The van der Waals surface area contributed by atoms with Crippen molar-refractivity contribution in [2.24, 2.45) is 11.7 Å². The Morgan fingerprint density at radius 2 is 2.05 bits per heavy atom. The average molecular weight is 289 g/mol. The molecule has 6 heteroatoms. The van der Waals surface area contributed by atoms with Gasteiger partial charge in [-0.2, -0.15) is 0 Å². The second-order valence-corrected chi connectivity index (χ2v) is 6.09. The Morgan fingerprint density at radius 3 is 2.62 bits per heavy atom. The third-order valence-corrected chi connectivity index (χ3v) is 4.36. The summed E-state index contributed by atoms with van der Waals surface area (Å²) in [5.41, 5.74) is 5.29. The van der Waals surface area contributed by atoms with Gasteiger partial charge in [0.15, 0.2) is 0 Å². The van der Waals surface area contributed by atoms with Crippen LogP contribution in [0.3, 0.4) is 0 Å². The van der Waals surface area contributed by atoms with Crippen molar-refractivity contribution in [3.05, 3.63) is 11.9 Å². The highest BCUT2D eigenvalue weighted by Crippen LogP contribution is 2.39. The summed E-state index contributed by atoms with van der Waals surface area (Å²) in [6.07, 6.45) is 4.91. The zero-order chi connectivity index (χ0) is 14.8. The van der Waals surface area contributed by atoms with Crippen LogP contribution in [-0.4, -0.2) is 36.0 Å². The molecule has 6 nitrogen and oxygen atoms in total. The van der Waals surface area contributed by atoms with Crippen molar-refractivity contribution in [1.29, 1.82) is 0 Å². The summed E-state index contributed by atoms with van der Waals surface area (Å²) in [6.45, 7) is 1.87. The zero-order valence-electron chi connectivity index (χ0n) is 12.5. The highest BCUT2D eigenvalue weighted by molar-refractivity contribution is 5.74. The fourth-order valence-corrected chi connectivity index (χ4v) is 2.92. The van der Waals surface area contributed by atoms with E-state index in [0.717, 1.165) is 43.4 Å². The molecule has 114 valence electrons. The number of nitrogens with zero attached hydrogens (tertiary/aromatic N) is 3. The van der Waals surface area contributed by atoms with Crippen LogP contribution in [0.2, 0.25) is 0 Å². The quantitative estimate of drug-likeness (QED) is 0.858. The molecule has 0 spiro atoms. The maximum absolute atomic E-state index is 11.0. The molecule has 1 saturated heterocycles. The molecule has 0 bridgehead atoms. The lowest BCUT2D eigenvalue weighted by Crippen LogP contribution is -2.35. The molecular weight excluding hydrogens is 266 g/mol. The minimum Gasteiger partial charge on any atom is -0.373 e. The van der Waals surface area contributed by atoms with Gasteiger partial charge in [0.1, 0.15) is 17.5 Å². The largest absolute Gasteiger partial charge is 0.373 e. The Balaban J connectivity index is 1.69. The lowest BCUT2D eigenvalue weighted by Gasteiger charge is -2.32. The van der Waals surface area contributed by atoms with Crippen molar-refractivity contribution in [2.45, 2.75) is 38.0 Å². The van der Waals surface area contributed by atoms with Gasteiger partial charge in [0.25, 0.3) is 0 Å². The highest BCUT2D eigenvalue weighted by atomic mass is 16.1. The SMILES string of the molecule is CNc1cc(N2CCC(CC(N)=O)CC2)nc(C2CC2)n1. The number of nitrogens with one attached hydrogen (secondary N) is 1. The first kappa shape index (κ1) is 14.1. The van der Waals surface area contributed by atoms with E-state index in [-0.39, 0.29) is 5.91 Å². The van der Waals surface area contributed by atoms with E-state index in [4.69, 9.17) is 10.7 Å².